The first-order chi connectivity index (χ1) is 12.8. The van der Waals surface area contributed by atoms with Crippen LogP contribution in [0.3, 0.4) is 0 Å². The summed E-state index contributed by atoms with van der Waals surface area (Å²) in [6.07, 6.45) is -4.45. The summed E-state index contributed by atoms with van der Waals surface area (Å²) in [7, 11) is 0. The SMILES string of the molecule is Cc1cccc(C)c1CN1C(=O)[C@H]2CSCN2c2ccc(C(F)(F)F)cc21. The monoisotopic (exact) mass is 392 g/mol. The smallest absolute Gasteiger partial charge is 0.348 e. The van der Waals surface area contributed by atoms with Crippen LogP contribution in [0.4, 0.5) is 24.5 Å². The molecule has 0 bridgehead atoms. The largest absolute Gasteiger partial charge is 0.416 e. The Hall–Kier alpha value is -2.15. The summed E-state index contributed by atoms with van der Waals surface area (Å²) < 4.78 is 39.9. The molecule has 7 heteroatoms. The number of aryl methyl sites for hydroxylation is 2. The highest BCUT2D eigenvalue weighted by Gasteiger charge is 2.42. The molecule has 0 aliphatic carbocycles. The number of carbonyl (C=O) groups is 1. The number of nitrogens with zero attached hydrogens (tertiary/aromatic N) is 2. The van der Waals surface area contributed by atoms with Crippen molar-refractivity contribution in [1.29, 1.82) is 0 Å². The molecule has 0 aromatic heterocycles. The number of alkyl halides is 3. The van der Waals surface area contributed by atoms with Crippen molar-refractivity contribution in [3.8, 4) is 0 Å². The van der Waals surface area contributed by atoms with E-state index in [9.17, 15) is 18.0 Å². The molecule has 2 aromatic carbocycles. The van der Waals surface area contributed by atoms with E-state index >= 15 is 0 Å². The maximum absolute atomic E-state index is 13.3. The molecule has 0 spiro atoms. The lowest BCUT2D eigenvalue weighted by Crippen LogP contribution is -2.51. The summed E-state index contributed by atoms with van der Waals surface area (Å²) in [5.74, 6) is 1.14. The maximum atomic E-state index is 13.3. The lowest BCUT2D eigenvalue weighted by atomic mass is 9.99. The average molecular weight is 392 g/mol. The van der Waals surface area contributed by atoms with Crippen molar-refractivity contribution < 1.29 is 18.0 Å². The van der Waals surface area contributed by atoms with Gasteiger partial charge in [-0.25, -0.2) is 0 Å². The van der Waals surface area contributed by atoms with Crippen LogP contribution in [-0.4, -0.2) is 23.6 Å². The number of halogens is 3. The molecular formula is C20H19F3N2OS. The number of anilines is 2. The van der Waals surface area contributed by atoms with E-state index in [4.69, 9.17) is 0 Å². The van der Waals surface area contributed by atoms with Gasteiger partial charge in [0.05, 0.1) is 29.4 Å². The van der Waals surface area contributed by atoms with Gasteiger partial charge in [0.15, 0.2) is 0 Å². The molecule has 2 heterocycles. The zero-order valence-electron chi connectivity index (χ0n) is 15.0. The van der Waals surface area contributed by atoms with E-state index in [0.29, 0.717) is 23.0 Å². The van der Waals surface area contributed by atoms with Crippen molar-refractivity contribution in [1.82, 2.24) is 0 Å². The first kappa shape index (κ1) is 18.2. The minimum absolute atomic E-state index is 0.130. The topological polar surface area (TPSA) is 23.6 Å². The predicted octanol–water partition coefficient (Wildman–Crippen LogP) is 4.75. The summed E-state index contributed by atoms with van der Waals surface area (Å²) in [6.45, 7) is 4.20. The highest BCUT2D eigenvalue weighted by molar-refractivity contribution is 7.99. The fraction of sp³-hybridized carbons (Fsp3) is 0.350. The summed E-state index contributed by atoms with van der Waals surface area (Å²) in [5.41, 5.74) is 3.35. The Labute approximate surface area is 160 Å². The summed E-state index contributed by atoms with van der Waals surface area (Å²) in [4.78, 5) is 16.6. The van der Waals surface area contributed by atoms with E-state index in [1.807, 2.05) is 36.9 Å². The van der Waals surface area contributed by atoms with Crippen LogP contribution < -0.4 is 9.80 Å². The number of hydrogen-bond donors (Lipinski definition) is 0. The Kier molecular flexibility index (Phi) is 4.37. The van der Waals surface area contributed by atoms with E-state index in [1.54, 1.807) is 11.8 Å². The first-order valence-corrected chi connectivity index (χ1v) is 9.85. The molecule has 142 valence electrons. The molecule has 0 radical (unpaired) electrons. The van der Waals surface area contributed by atoms with Crippen LogP contribution >= 0.6 is 11.8 Å². The van der Waals surface area contributed by atoms with E-state index in [-0.39, 0.29) is 18.5 Å². The van der Waals surface area contributed by atoms with E-state index in [1.165, 1.54) is 11.0 Å². The van der Waals surface area contributed by atoms with Gasteiger partial charge in [0.1, 0.15) is 6.04 Å². The predicted molar refractivity (Wildman–Crippen MR) is 102 cm³/mol. The number of hydrogen-bond acceptors (Lipinski definition) is 3. The summed E-state index contributed by atoms with van der Waals surface area (Å²) in [6, 6.07) is 9.26. The Balaban J connectivity index is 1.84. The zero-order chi connectivity index (χ0) is 19.3. The second-order valence-electron chi connectivity index (χ2n) is 6.98. The minimum Gasteiger partial charge on any atom is -0.348 e. The van der Waals surface area contributed by atoms with Gasteiger partial charge in [-0.3, -0.25) is 4.79 Å². The second-order valence-corrected chi connectivity index (χ2v) is 7.98. The zero-order valence-corrected chi connectivity index (χ0v) is 15.8. The Morgan fingerprint density at radius 3 is 2.48 bits per heavy atom. The molecule has 3 nitrogen and oxygen atoms in total. The van der Waals surface area contributed by atoms with Crippen LogP contribution in [0.15, 0.2) is 36.4 Å². The molecule has 1 fully saturated rings. The van der Waals surface area contributed by atoms with Crippen LogP contribution in [0, 0.1) is 13.8 Å². The average Bonchev–Trinajstić information content (AvgIpc) is 3.09. The van der Waals surface area contributed by atoms with E-state index in [0.717, 1.165) is 28.8 Å². The van der Waals surface area contributed by atoms with Gasteiger partial charge in [-0.2, -0.15) is 13.2 Å². The number of carbonyl (C=O) groups excluding carboxylic acids is 1. The third-order valence-electron chi connectivity index (χ3n) is 5.30. The van der Waals surface area contributed by atoms with Gasteiger partial charge in [0.25, 0.3) is 5.91 Å². The molecule has 2 aromatic rings. The normalized spacial score (nSPS) is 19.3. The number of fused-ring (bicyclic) bond motifs is 3. The van der Waals surface area contributed by atoms with Crippen molar-refractivity contribution in [2.24, 2.45) is 0 Å². The highest BCUT2D eigenvalue weighted by atomic mass is 32.2. The van der Waals surface area contributed by atoms with Crippen LogP contribution in [0.1, 0.15) is 22.3 Å². The van der Waals surface area contributed by atoms with Crippen molar-refractivity contribution in [3.63, 3.8) is 0 Å². The Bertz CT molecular complexity index is 892. The fourth-order valence-corrected chi connectivity index (χ4v) is 4.93. The third kappa shape index (κ3) is 3.08. The van der Waals surface area contributed by atoms with Crippen molar-refractivity contribution in [3.05, 3.63) is 58.7 Å². The fourth-order valence-electron chi connectivity index (χ4n) is 3.76. The highest BCUT2D eigenvalue weighted by Crippen LogP contribution is 2.44. The first-order valence-electron chi connectivity index (χ1n) is 8.69. The third-order valence-corrected chi connectivity index (χ3v) is 6.31. The van der Waals surface area contributed by atoms with Gasteiger partial charge in [0, 0.05) is 5.75 Å². The molecule has 1 saturated heterocycles. The number of amides is 1. The molecule has 4 rings (SSSR count). The lowest BCUT2D eigenvalue weighted by molar-refractivity contribution is -0.137. The maximum Gasteiger partial charge on any atom is 0.416 e. The molecule has 2 aliphatic heterocycles. The summed E-state index contributed by atoms with van der Waals surface area (Å²) in [5, 5.41) is 0. The number of thioether (sulfide) groups is 1. The van der Waals surface area contributed by atoms with Crippen LogP contribution in [-0.2, 0) is 17.5 Å². The van der Waals surface area contributed by atoms with Gasteiger partial charge < -0.3 is 9.80 Å². The molecular weight excluding hydrogens is 373 g/mol. The van der Waals surface area contributed by atoms with E-state index in [2.05, 4.69) is 0 Å². The quantitative estimate of drug-likeness (QED) is 0.737. The van der Waals surface area contributed by atoms with Crippen molar-refractivity contribution in [2.45, 2.75) is 32.6 Å². The lowest BCUT2D eigenvalue weighted by Gasteiger charge is -2.39. The second kappa shape index (κ2) is 6.48. The van der Waals surface area contributed by atoms with Crippen molar-refractivity contribution in [2.75, 3.05) is 21.4 Å². The molecule has 0 N–H and O–H groups in total. The van der Waals surface area contributed by atoms with Gasteiger partial charge in [0.2, 0.25) is 0 Å². The molecule has 1 amide bonds. The Morgan fingerprint density at radius 2 is 1.81 bits per heavy atom. The van der Waals surface area contributed by atoms with Gasteiger partial charge in [-0.1, -0.05) is 18.2 Å². The molecule has 27 heavy (non-hydrogen) atoms. The van der Waals surface area contributed by atoms with E-state index < -0.39 is 11.7 Å². The summed E-state index contributed by atoms with van der Waals surface area (Å²) >= 11 is 1.63. The van der Waals surface area contributed by atoms with Gasteiger partial charge in [-0.05, 0) is 48.7 Å². The number of benzene rings is 2. The standard InChI is InChI=1S/C20H19F3N2OS/c1-12-4-3-5-13(2)15(12)9-24-17-8-14(20(21,22)23)6-7-16(17)25-11-27-10-18(25)19(24)26/h3-8,18H,9-11H2,1-2H3/t18-/m1/s1. The van der Waals surface area contributed by atoms with Crippen LogP contribution in [0.5, 0.6) is 0 Å². The van der Waals surface area contributed by atoms with Gasteiger partial charge in [-0.15, -0.1) is 11.8 Å². The molecule has 0 saturated carbocycles. The van der Waals surface area contributed by atoms with Crippen LogP contribution in [0.2, 0.25) is 0 Å². The number of rotatable bonds is 2. The van der Waals surface area contributed by atoms with Crippen LogP contribution in [0.25, 0.3) is 0 Å². The van der Waals surface area contributed by atoms with Crippen molar-refractivity contribution >= 4 is 29.0 Å². The molecule has 2 aliphatic rings. The Morgan fingerprint density at radius 1 is 1.11 bits per heavy atom. The molecule has 1 atom stereocenters. The van der Waals surface area contributed by atoms with Gasteiger partial charge >= 0.3 is 6.18 Å². The minimum atomic E-state index is -4.45. The molecule has 0 unspecified atom stereocenters.